The zero-order valence-corrected chi connectivity index (χ0v) is 94.1. The molecule has 0 aromatic heterocycles. The minimum absolute atomic E-state index is 0. The fourth-order valence-corrected chi connectivity index (χ4v) is 19.2. The number of rotatable bonds is 34. The van der Waals surface area contributed by atoms with Gasteiger partial charge in [-0.2, -0.15) is 0 Å². The van der Waals surface area contributed by atoms with E-state index in [1.807, 2.05) is 275 Å². The molecule has 5 saturated heterocycles. The zero-order valence-electron chi connectivity index (χ0n) is 84.8. The predicted molar refractivity (Wildman–Crippen MR) is 572 cm³/mol. The number of amides is 5. The minimum atomic E-state index is -0.895. The molecule has 5 N–H and O–H groups in total. The van der Waals surface area contributed by atoms with Crippen LogP contribution in [0.5, 0.6) is 0 Å². The van der Waals surface area contributed by atoms with Crippen LogP contribution >= 0.6 is 45.1 Å². The fourth-order valence-electron chi connectivity index (χ4n) is 19.0. The van der Waals surface area contributed by atoms with Crippen LogP contribution in [0, 0.1) is 7.43 Å². The standard InChI is InChI=1S/C24H31NO4.C24H29NO2.C23H27NO4.C23H27NO3.C21H24BrNO3.CH3.BrH.3ClH.Cu.Mg.Pd/c1-18(19-10-12-20(13-11-19)23(2,3)28)25-16-15-24(14-7-17-26,29-22(25)27)21-8-5-4-6-9-21;1-4-6-16-24(22-10-8-7-9-11-22)17-18-25(23(26)27-24)19(3)21-14-12-20(5-2)13-15-21;1-17(19-9-11-20(12-10-19)18(2)26)24-15-14-23(13-6-16-25,28-22(24)27)21-7-4-3-5-8-21;1-3-19-10-12-20(13-11-19)18(2)24-16-15-23(14-7-17-25,27-22(24)26)21-8-5-4-6-9-21;1-16(17-8-10-19(22)11-9-17)23-14-13-21(12-5-15-24,26-20(23)25)18-6-3-2-4-7-18;;;;;;;;/h4-6,8-13,18,26,28H,7,14-17H2,1-3H3;5,7-15,19H,2,4,6,16-18H2,1,3H3;3-5,7-12,17,25H,6,13-16H2,1-2H3;3-6,8-13,18,25H,1,7,14-17H2,2H3;2-4,6-11,16,24H,5,12-15H2,1H3;1H3;4*1H;;;/q;;;;;-1;;;;;+1;2*+2/p-4/t18-,24+;19-,24+;17-,23+;18-,23+;16-,21+;;;;;;;;/m00000......../s1. The van der Waals surface area contributed by atoms with Crippen LogP contribution in [0.2, 0.25) is 0 Å². The van der Waals surface area contributed by atoms with Crippen molar-refractivity contribution in [2.75, 3.05) is 59.2 Å². The largest absolute Gasteiger partial charge is 2.00 e. The van der Waals surface area contributed by atoms with E-state index in [0.717, 1.165) is 102 Å². The van der Waals surface area contributed by atoms with Gasteiger partial charge >= 0.3 is 114 Å². The Balaban J connectivity index is 0.000000272. The first kappa shape index (κ1) is 125. The van der Waals surface area contributed by atoms with E-state index in [2.05, 4.69) is 92.4 Å². The van der Waals surface area contributed by atoms with Gasteiger partial charge < -0.3 is 98.1 Å². The smallest absolute Gasteiger partial charge is 2.00 e. The molecular formula is C116H141Br2Cl3CuMgN5O16Pd. The maximum Gasteiger partial charge on any atom is 2.00 e. The molecule has 21 nitrogen and oxygen atoms in total. The molecule has 5 amide bonds. The molecule has 0 saturated carbocycles. The summed E-state index contributed by atoms with van der Waals surface area (Å²) in [6.07, 6.45) is 13.5. The van der Waals surface area contributed by atoms with Crippen LogP contribution in [0.1, 0.15) is 278 Å². The molecule has 5 fully saturated rings. The Morgan fingerprint density at radius 3 is 0.779 bits per heavy atom. The van der Waals surface area contributed by atoms with E-state index in [1.54, 1.807) is 51.7 Å². The summed E-state index contributed by atoms with van der Waals surface area (Å²) in [5.41, 5.74) is 9.78. The quantitative estimate of drug-likeness (QED) is 0.0109. The number of aliphatic hydroxyl groups excluding tert-OH is 4. The van der Waals surface area contributed by atoms with Crippen LogP contribution < -0.4 is 17.0 Å². The van der Waals surface area contributed by atoms with E-state index in [4.69, 9.17) is 42.7 Å². The van der Waals surface area contributed by atoms with Crippen LogP contribution in [0.4, 0.5) is 24.0 Å². The maximum absolute atomic E-state index is 13.0. The Labute approximate surface area is 922 Å². The number of carbonyl (C=O) groups is 6. The number of hydrogen-bond donors (Lipinski definition) is 5. The first-order valence-corrected chi connectivity index (χ1v) is 54.8. The van der Waals surface area contributed by atoms with Crippen LogP contribution in [0.15, 0.2) is 291 Å². The number of aliphatic hydroxyl groups is 5. The Kier molecular flexibility index (Phi) is 53.5. The summed E-state index contributed by atoms with van der Waals surface area (Å²) in [5, 5.41) is 47.3. The van der Waals surface area contributed by atoms with E-state index in [9.17, 15) is 54.3 Å². The second kappa shape index (κ2) is 62.0. The van der Waals surface area contributed by atoms with Crippen LogP contribution in [0.25, 0.3) is 12.2 Å². The first-order valence-electron chi connectivity index (χ1n) is 48.7. The Morgan fingerprint density at radius 2 is 0.593 bits per heavy atom. The van der Waals surface area contributed by atoms with E-state index in [-0.39, 0.29) is 156 Å². The van der Waals surface area contributed by atoms with Gasteiger partial charge in [-0.25, -0.2) is 24.0 Å². The van der Waals surface area contributed by atoms with Crippen molar-refractivity contribution in [1.29, 1.82) is 0 Å². The number of cyclic esters (lactones) is 5. The molecule has 145 heavy (non-hydrogen) atoms. The number of Topliss-reactive ketones (excluding diaryl/α,β-unsaturated/α-hetero) is 1. The summed E-state index contributed by atoms with van der Waals surface area (Å²) in [7, 11) is 13.8. The number of unbranched alkanes of at least 4 members (excludes halogenated alkanes) is 1. The van der Waals surface area contributed by atoms with Crippen LogP contribution in [0.3, 0.4) is 0 Å². The minimum Gasteiger partial charge on any atom is 2.00 e. The summed E-state index contributed by atoms with van der Waals surface area (Å²) in [6, 6.07) is 88.4. The van der Waals surface area contributed by atoms with Crippen LogP contribution in [-0.2, 0) is 88.3 Å². The fraction of sp³-hybridized carbons (Fsp3) is 0.388. The molecule has 10 aromatic rings. The molecular weight excluding hydrogens is 2180 g/mol. The monoisotopic (exact) mass is 2320 g/mol. The summed E-state index contributed by atoms with van der Waals surface area (Å²) >= 11 is 7.00. The van der Waals surface area contributed by atoms with Crippen molar-refractivity contribution in [3.8, 4) is 0 Å². The molecule has 0 unspecified atom stereocenters. The number of hydrogen-bond acceptors (Lipinski definition) is 16. The number of ketones is 1. The van der Waals surface area contributed by atoms with Gasteiger partial charge in [0.2, 0.25) is 0 Å². The topological polar surface area (TPSA) is 266 Å². The Hall–Kier alpha value is -8.72. The van der Waals surface area contributed by atoms with Gasteiger partial charge in [0.15, 0.2) is 5.78 Å². The second-order valence-electron chi connectivity index (χ2n) is 36.8. The van der Waals surface area contributed by atoms with Gasteiger partial charge in [-0.15, -0.1) is 0 Å². The van der Waals surface area contributed by atoms with E-state index < -0.39 is 33.6 Å². The molecule has 5 aliphatic rings. The maximum atomic E-state index is 13.0. The third kappa shape index (κ3) is 34.1. The van der Waals surface area contributed by atoms with Gasteiger partial charge in [0, 0.05) is 101 Å². The molecule has 5 heterocycles. The molecule has 0 aliphatic carbocycles. The number of halogens is 5. The van der Waals surface area contributed by atoms with E-state index >= 15 is 0 Å². The number of carbonyl (C=O) groups excluding carboxylic acids is 6. The Morgan fingerprint density at radius 1 is 0.393 bits per heavy atom. The summed E-state index contributed by atoms with van der Waals surface area (Å²) in [4.78, 5) is 85.0. The normalized spacial score (nSPS) is 19.9. The predicted octanol–water partition coefficient (Wildman–Crippen LogP) is 24.3. The number of nitrogens with zero attached hydrogens (tertiary/aromatic N) is 5. The number of benzene rings is 10. The van der Waals surface area contributed by atoms with Crippen molar-refractivity contribution in [1.82, 2.24) is 24.5 Å². The summed E-state index contributed by atoms with van der Waals surface area (Å²) in [5.74, 6) is 0.0214. The average molecular weight is 2320 g/mol. The van der Waals surface area contributed by atoms with Gasteiger partial charge in [-0.05, 0) is 204 Å². The number of ether oxygens (including phenoxy) is 5. The van der Waals surface area contributed by atoms with Crippen molar-refractivity contribution in [2.24, 2.45) is 0 Å². The molecule has 0 radical (unpaired) electrons. The second-order valence-corrected chi connectivity index (χ2v) is 40.1. The van der Waals surface area contributed by atoms with Gasteiger partial charge in [0.1, 0.15) is 28.0 Å². The van der Waals surface area contributed by atoms with Crippen LogP contribution in [-0.4, -0.2) is 168 Å². The third-order valence-corrected chi connectivity index (χ3v) is 28.2. The van der Waals surface area contributed by atoms with Crippen molar-refractivity contribution in [2.45, 2.75) is 229 Å². The van der Waals surface area contributed by atoms with E-state index in [1.165, 1.54) is 6.92 Å². The molecule has 29 heteroatoms. The Bertz CT molecular complexity index is 5430. The van der Waals surface area contributed by atoms with Gasteiger partial charge in [-0.3, -0.25) is 4.79 Å². The molecule has 784 valence electrons. The molecule has 0 spiro atoms. The molecule has 10 aromatic carbocycles. The van der Waals surface area contributed by atoms with E-state index in [0.29, 0.717) is 115 Å². The first-order chi connectivity index (χ1) is 68.4. The molecule has 10 atom stereocenters. The zero-order chi connectivity index (χ0) is 103. The molecule has 5 aliphatic heterocycles. The molecule has 15 rings (SSSR count). The summed E-state index contributed by atoms with van der Waals surface area (Å²) in [6.45, 7) is 28.2. The van der Waals surface area contributed by atoms with Crippen molar-refractivity contribution in [3.63, 3.8) is 0 Å². The van der Waals surface area contributed by atoms with Gasteiger partial charge in [-0.1, -0.05) is 315 Å². The summed E-state index contributed by atoms with van der Waals surface area (Å²) < 4.78 is 31.2. The van der Waals surface area contributed by atoms with Gasteiger partial charge in [0.25, 0.3) is 0 Å². The average Bonchev–Trinajstić information content (AvgIpc) is 0.794. The van der Waals surface area contributed by atoms with Crippen molar-refractivity contribution >= 4 is 117 Å². The van der Waals surface area contributed by atoms with Gasteiger partial charge in [0.05, 0.1) is 35.8 Å². The van der Waals surface area contributed by atoms with Crippen molar-refractivity contribution in [3.05, 3.63) is 376 Å². The molecule has 0 bridgehead atoms. The third-order valence-electron chi connectivity index (χ3n) is 27.7. The van der Waals surface area contributed by atoms with Crippen molar-refractivity contribution < 1.29 is 126 Å². The SMILES string of the molecule is C=Cc1ccc([C@H](C)N2CC[C@](CCCC)(c3ccccc3)OC2=O)cc1.C=Cc1ccc([C@H](C)N2CC[C@](CCCO)(c3ccccc3)OC2=O)cc1.CC(=O)c1ccc([C@H](C)N2CC[C@](CCCO)(c3ccccc3)OC2=O)cc1.C[C@@H](c1ccc(Br)cc1)N1CC[C@](CCCO)(c2ccccc2)OC1=O.C[C@@H](c1ccc(C(C)(C)O)cc1)N1CC[C@](CCCO)(c2ccccc2)OC1=O.[Br-].[CH3-].[Cl][Cu].[Cl][Pd][Cl].[Mg+2].